The SMILES string of the molecule is CCN1CCc2c(C3CN(C(=O)CO)C3)cccc21. The number of aliphatic hydroxyl groups is 1. The van der Waals surface area contributed by atoms with Crippen LogP contribution in [0.5, 0.6) is 0 Å². The van der Waals surface area contributed by atoms with E-state index in [9.17, 15) is 4.79 Å². The van der Waals surface area contributed by atoms with Crippen LogP contribution < -0.4 is 4.90 Å². The minimum absolute atomic E-state index is 0.154. The molecule has 0 saturated carbocycles. The maximum atomic E-state index is 11.4. The number of hydrogen-bond donors (Lipinski definition) is 1. The number of rotatable bonds is 3. The lowest BCUT2D eigenvalue weighted by molar-refractivity contribution is -0.138. The largest absolute Gasteiger partial charge is 0.387 e. The van der Waals surface area contributed by atoms with Gasteiger partial charge >= 0.3 is 0 Å². The molecule has 1 amide bonds. The predicted molar refractivity (Wildman–Crippen MR) is 74.4 cm³/mol. The molecule has 0 bridgehead atoms. The fraction of sp³-hybridized carbons (Fsp3) is 0.533. The van der Waals surface area contributed by atoms with Gasteiger partial charge in [0.05, 0.1) is 0 Å². The van der Waals surface area contributed by atoms with Gasteiger partial charge in [0.25, 0.3) is 0 Å². The molecule has 2 heterocycles. The van der Waals surface area contributed by atoms with Gasteiger partial charge in [-0.2, -0.15) is 0 Å². The van der Waals surface area contributed by atoms with Crippen molar-refractivity contribution >= 4 is 11.6 Å². The van der Waals surface area contributed by atoms with Gasteiger partial charge in [0.1, 0.15) is 6.61 Å². The molecule has 0 radical (unpaired) electrons. The molecule has 0 atom stereocenters. The molecule has 2 aliphatic rings. The van der Waals surface area contributed by atoms with Crippen molar-refractivity contribution in [3.63, 3.8) is 0 Å². The third-order valence-corrected chi connectivity index (χ3v) is 4.35. The highest BCUT2D eigenvalue weighted by Crippen LogP contribution is 2.37. The highest BCUT2D eigenvalue weighted by molar-refractivity contribution is 5.78. The zero-order chi connectivity index (χ0) is 13.4. The van der Waals surface area contributed by atoms with E-state index in [2.05, 4.69) is 30.0 Å². The number of anilines is 1. The Bertz CT molecular complexity index is 495. The number of likely N-dealkylation sites (tertiary alicyclic amines) is 1. The van der Waals surface area contributed by atoms with Gasteiger partial charge in [-0.05, 0) is 30.5 Å². The first-order chi connectivity index (χ1) is 9.24. The van der Waals surface area contributed by atoms with Crippen molar-refractivity contribution in [3.05, 3.63) is 29.3 Å². The van der Waals surface area contributed by atoms with Crippen molar-refractivity contribution in [2.45, 2.75) is 19.3 Å². The molecule has 1 aromatic carbocycles. The molecule has 0 aliphatic carbocycles. The minimum Gasteiger partial charge on any atom is -0.387 e. The fourth-order valence-corrected chi connectivity index (χ4v) is 3.22. The zero-order valence-electron chi connectivity index (χ0n) is 11.3. The summed E-state index contributed by atoms with van der Waals surface area (Å²) in [6, 6.07) is 6.52. The quantitative estimate of drug-likeness (QED) is 0.881. The van der Waals surface area contributed by atoms with Crippen LogP contribution in [-0.2, 0) is 11.2 Å². The van der Waals surface area contributed by atoms with E-state index in [1.54, 1.807) is 4.90 Å². The van der Waals surface area contributed by atoms with Crippen molar-refractivity contribution in [1.82, 2.24) is 4.90 Å². The summed E-state index contributed by atoms with van der Waals surface area (Å²) < 4.78 is 0. The number of carbonyl (C=O) groups is 1. The van der Waals surface area contributed by atoms with Crippen LogP contribution in [0.4, 0.5) is 5.69 Å². The Morgan fingerprint density at radius 3 is 2.89 bits per heavy atom. The molecular formula is C15H20N2O2. The average molecular weight is 260 g/mol. The maximum absolute atomic E-state index is 11.4. The van der Waals surface area contributed by atoms with E-state index < -0.39 is 0 Å². The van der Waals surface area contributed by atoms with Gasteiger partial charge in [-0.25, -0.2) is 0 Å². The summed E-state index contributed by atoms with van der Waals surface area (Å²) in [5, 5.41) is 8.85. The number of aliphatic hydroxyl groups excluding tert-OH is 1. The van der Waals surface area contributed by atoms with Crippen molar-refractivity contribution in [2.24, 2.45) is 0 Å². The molecule has 1 fully saturated rings. The predicted octanol–water partition coefficient (Wildman–Crippen LogP) is 0.987. The van der Waals surface area contributed by atoms with Crippen LogP contribution in [0.2, 0.25) is 0 Å². The van der Waals surface area contributed by atoms with Crippen LogP contribution in [0.25, 0.3) is 0 Å². The number of benzene rings is 1. The lowest BCUT2D eigenvalue weighted by Crippen LogP contribution is -2.49. The van der Waals surface area contributed by atoms with Gasteiger partial charge in [-0.3, -0.25) is 4.79 Å². The number of amides is 1. The van der Waals surface area contributed by atoms with Gasteiger partial charge in [0.15, 0.2) is 0 Å². The number of fused-ring (bicyclic) bond motifs is 1. The van der Waals surface area contributed by atoms with E-state index in [4.69, 9.17) is 5.11 Å². The summed E-state index contributed by atoms with van der Waals surface area (Å²) >= 11 is 0. The molecule has 0 unspecified atom stereocenters. The summed E-state index contributed by atoms with van der Waals surface area (Å²) in [4.78, 5) is 15.5. The first kappa shape index (κ1) is 12.5. The number of nitrogens with zero attached hydrogens (tertiary/aromatic N) is 2. The van der Waals surface area contributed by atoms with Crippen molar-refractivity contribution in [3.8, 4) is 0 Å². The highest BCUT2D eigenvalue weighted by Gasteiger charge is 2.34. The molecule has 102 valence electrons. The third-order valence-electron chi connectivity index (χ3n) is 4.35. The number of hydrogen-bond acceptors (Lipinski definition) is 3. The molecule has 4 nitrogen and oxygen atoms in total. The molecule has 1 aromatic rings. The second kappa shape index (κ2) is 4.85. The lowest BCUT2D eigenvalue weighted by atomic mass is 9.87. The van der Waals surface area contributed by atoms with Gasteiger partial charge in [0, 0.05) is 37.8 Å². The molecule has 4 heteroatoms. The number of likely N-dealkylation sites (N-methyl/N-ethyl adjacent to an activating group) is 1. The van der Waals surface area contributed by atoms with Gasteiger partial charge in [0.2, 0.25) is 5.91 Å². The molecule has 0 aromatic heterocycles. The maximum Gasteiger partial charge on any atom is 0.248 e. The normalized spacial score (nSPS) is 18.4. The third kappa shape index (κ3) is 2.00. The molecule has 3 rings (SSSR count). The Morgan fingerprint density at radius 1 is 1.42 bits per heavy atom. The summed E-state index contributed by atoms with van der Waals surface area (Å²) in [5.41, 5.74) is 4.23. The minimum atomic E-state index is -0.372. The molecule has 1 saturated heterocycles. The average Bonchev–Trinajstić information content (AvgIpc) is 2.80. The summed E-state index contributed by atoms with van der Waals surface area (Å²) in [6.07, 6.45) is 1.11. The lowest BCUT2D eigenvalue weighted by Gasteiger charge is -2.40. The van der Waals surface area contributed by atoms with E-state index in [1.807, 2.05) is 0 Å². The van der Waals surface area contributed by atoms with Gasteiger partial charge in [-0.15, -0.1) is 0 Å². The Balaban J connectivity index is 1.78. The van der Waals surface area contributed by atoms with Crippen LogP contribution in [0.15, 0.2) is 18.2 Å². The Kier molecular flexibility index (Phi) is 3.19. The van der Waals surface area contributed by atoms with Crippen molar-refractivity contribution < 1.29 is 9.90 Å². The van der Waals surface area contributed by atoms with Crippen LogP contribution in [0, 0.1) is 0 Å². The van der Waals surface area contributed by atoms with E-state index in [-0.39, 0.29) is 12.5 Å². The Hall–Kier alpha value is -1.55. The van der Waals surface area contributed by atoms with E-state index in [0.29, 0.717) is 5.92 Å². The smallest absolute Gasteiger partial charge is 0.248 e. The van der Waals surface area contributed by atoms with Crippen LogP contribution >= 0.6 is 0 Å². The van der Waals surface area contributed by atoms with Crippen LogP contribution in [0.3, 0.4) is 0 Å². The zero-order valence-corrected chi connectivity index (χ0v) is 11.3. The highest BCUT2D eigenvalue weighted by atomic mass is 16.3. The summed E-state index contributed by atoms with van der Waals surface area (Å²) in [7, 11) is 0. The van der Waals surface area contributed by atoms with Gasteiger partial charge < -0.3 is 14.9 Å². The fourth-order valence-electron chi connectivity index (χ4n) is 3.22. The second-order valence-electron chi connectivity index (χ2n) is 5.33. The first-order valence-corrected chi connectivity index (χ1v) is 7.00. The summed E-state index contributed by atoms with van der Waals surface area (Å²) in [5.74, 6) is 0.293. The van der Waals surface area contributed by atoms with Crippen LogP contribution in [0.1, 0.15) is 24.0 Å². The van der Waals surface area contributed by atoms with Crippen LogP contribution in [-0.4, -0.2) is 48.7 Å². The van der Waals surface area contributed by atoms with Crippen molar-refractivity contribution in [2.75, 3.05) is 37.7 Å². The molecule has 19 heavy (non-hydrogen) atoms. The molecule has 1 N–H and O–H groups in total. The first-order valence-electron chi connectivity index (χ1n) is 7.00. The number of carbonyl (C=O) groups excluding carboxylic acids is 1. The standard InChI is InChI=1S/C15H20N2O2/c1-2-16-7-6-13-12(4-3-5-14(13)16)11-8-17(9-11)15(19)10-18/h3-5,11,18H,2,6-10H2,1H3. The summed E-state index contributed by atoms with van der Waals surface area (Å²) in [6.45, 7) is 5.48. The molecular weight excluding hydrogens is 240 g/mol. The topological polar surface area (TPSA) is 43.8 Å². The van der Waals surface area contributed by atoms with E-state index >= 15 is 0 Å². The van der Waals surface area contributed by atoms with E-state index in [1.165, 1.54) is 16.8 Å². The second-order valence-corrected chi connectivity index (χ2v) is 5.33. The molecule has 2 aliphatic heterocycles. The van der Waals surface area contributed by atoms with Crippen molar-refractivity contribution in [1.29, 1.82) is 0 Å². The van der Waals surface area contributed by atoms with E-state index in [0.717, 1.165) is 32.6 Å². The van der Waals surface area contributed by atoms with Gasteiger partial charge in [-0.1, -0.05) is 12.1 Å². The Morgan fingerprint density at radius 2 is 2.21 bits per heavy atom. The molecule has 0 spiro atoms. The Labute approximate surface area is 113 Å². The monoisotopic (exact) mass is 260 g/mol.